The van der Waals surface area contributed by atoms with Gasteiger partial charge in [0.05, 0.1) is 23.2 Å². The first-order valence-corrected chi connectivity index (χ1v) is 11.1. The van der Waals surface area contributed by atoms with Gasteiger partial charge < -0.3 is 27.7 Å². The summed E-state index contributed by atoms with van der Waals surface area (Å²) in [7, 11) is 0. The molecule has 0 aliphatic carbocycles. The lowest BCUT2D eigenvalue weighted by molar-refractivity contribution is -0.139. The van der Waals surface area contributed by atoms with E-state index >= 15 is 0 Å². The molecule has 1 aromatic rings. The average Bonchev–Trinajstić information content (AvgIpc) is 2.73. The maximum absolute atomic E-state index is 13.1. The van der Waals surface area contributed by atoms with Crippen LogP contribution in [0.5, 0.6) is 5.75 Å². The van der Waals surface area contributed by atoms with Crippen molar-refractivity contribution >= 4 is 45.6 Å². The van der Waals surface area contributed by atoms with Gasteiger partial charge in [0, 0.05) is 11.5 Å². The third-order valence-electron chi connectivity index (χ3n) is 3.95. The fourth-order valence-electron chi connectivity index (χ4n) is 1.97. The Balaban J connectivity index is 3.03. The number of thioether (sulfide) groups is 2. The minimum atomic E-state index is -4.77. The third-order valence-corrected chi connectivity index (χ3v) is 6.07. The van der Waals surface area contributed by atoms with Gasteiger partial charge in [-0.15, -0.1) is 0 Å². The minimum absolute atomic E-state index is 0.226. The van der Waals surface area contributed by atoms with Crippen LogP contribution in [0.2, 0.25) is 0 Å². The molecule has 0 aliphatic heterocycles. The van der Waals surface area contributed by atoms with Gasteiger partial charge in [0.1, 0.15) is 11.8 Å². The van der Waals surface area contributed by atoms with Crippen molar-refractivity contribution in [3.63, 3.8) is 0 Å². The standard InChI is InChI=1S/C18H23F3N4O5S2/c1-2-10(22)17(29)32-7-12(24)15(27)30-13-5-8(18(19,20)21)3-4-9(13)16(28)31-6-11(23)14(25)26/h3-5,10-12H,2,6-7,22-24H2,1H3,(H2,25,26). The van der Waals surface area contributed by atoms with E-state index in [4.69, 9.17) is 27.7 Å². The monoisotopic (exact) mass is 496 g/mol. The summed E-state index contributed by atoms with van der Waals surface area (Å²) in [4.78, 5) is 47.4. The van der Waals surface area contributed by atoms with Crippen LogP contribution in [-0.4, -0.2) is 51.7 Å². The molecule has 0 heterocycles. The Morgan fingerprint density at radius 2 is 1.59 bits per heavy atom. The van der Waals surface area contributed by atoms with Crippen molar-refractivity contribution < 1.29 is 37.1 Å². The summed E-state index contributed by atoms with van der Waals surface area (Å²) in [6.45, 7) is 1.69. The van der Waals surface area contributed by atoms with Crippen molar-refractivity contribution in [3.8, 4) is 5.75 Å². The van der Waals surface area contributed by atoms with Crippen LogP contribution in [0.3, 0.4) is 0 Å². The van der Waals surface area contributed by atoms with Gasteiger partial charge in [-0.1, -0.05) is 30.4 Å². The van der Waals surface area contributed by atoms with Crippen molar-refractivity contribution in [2.24, 2.45) is 22.9 Å². The highest BCUT2D eigenvalue weighted by Gasteiger charge is 2.33. The van der Waals surface area contributed by atoms with E-state index in [-0.39, 0.29) is 17.1 Å². The number of hydrogen-bond acceptors (Lipinski definition) is 10. The van der Waals surface area contributed by atoms with Gasteiger partial charge in [0.2, 0.25) is 16.1 Å². The van der Waals surface area contributed by atoms with Crippen molar-refractivity contribution in [3.05, 3.63) is 29.3 Å². The summed E-state index contributed by atoms with van der Waals surface area (Å²) >= 11 is 1.21. The van der Waals surface area contributed by atoms with Gasteiger partial charge in [-0.25, -0.2) is 4.79 Å². The van der Waals surface area contributed by atoms with E-state index in [1.54, 1.807) is 6.92 Å². The second-order valence-electron chi connectivity index (χ2n) is 6.49. The molecule has 0 bridgehead atoms. The van der Waals surface area contributed by atoms with Gasteiger partial charge in [0.25, 0.3) is 0 Å². The highest BCUT2D eigenvalue weighted by Crippen LogP contribution is 2.34. The highest BCUT2D eigenvalue weighted by atomic mass is 32.2. The number of amides is 1. The van der Waals surface area contributed by atoms with Gasteiger partial charge in [-0.3, -0.25) is 14.4 Å². The third kappa shape index (κ3) is 8.43. The van der Waals surface area contributed by atoms with Crippen molar-refractivity contribution in [2.75, 3.05) is 11.5 Å². The highest BCUT2D eigenvalue weighted by molar-refractivity contribution is 8.14. The van der Waals surface area contributed by atoms with Crippen LogP contribution in [0.15, 0.2) is 18.2 Å². The van der Waals surface area contributed by atoms with Crippen LogP contribution in [0, 0.1) is 0 Å². The van der Waals surface area contributed by atoms with Gasteiger partial charge in [0.15, 0.2) is 0 Å². The lowest BCUT2D eigenvalue weighted by Gasteiger charge is -2.16. The fourth-order valence-corrected chi connectivity index (χ4v) is 3.65. The molecular formula is C18H23F3N4O5S2. The molecule has 0 aliphatic rings. The Bertz CT molecular complexity index is 870. The van der Waals surface area contributed by atoms with Crippen LogP contribution in [0.25, 0.3) is 0 Å². The minimum Gasteiger partial charge on any atom is -0.425 e. The van der Waals surface area contributed by atoms with Gasteiger partial charge in [-0.05, 0) is 24.6 Å². The van der Waals surface area contributed by atoms with Gasteiger partial charge >= 0.3 is 12.1 Å². The molecule has 0 saturated carbocycles. The van der Waals surface area contributed by atoms with E-state index in [0.717, 1.165) is 6.07 Å². The van der Waals surface area contributed by atoms with Gasteiger partial charge in [-0.2, -0.15) is 13.2 Å². The molecule has 14 heteroatoms. The van der Waals surface area contributed by atoms with E-state index in [0.29, 0.717) is 42.1 Å². The lowest BCUT2D eigenvalue weighted by Crippen LogP contribution is -2.39. The number of benzene rings is 1. The van der Waals surface area contributed by atoms with Crippen LogP contribution in [-0.2, 0) is 20.6 Å². The maximum atomic E-state index is 13.1. The average molecular weight is 497 g/mol. The molecule has 0 aromatic heterocycles. The number of rotatable bonds is 10. The number of primary amides is 1. The van der Waals surface area contributed by atoms with Crippen LogP contribution < -0.4 is 27.7 Å². The normalized spacial score (nSPS) is 14.3. The summed E-state index contributed by atoms with van der Waals surface area (Å²) in [5.41, 5.74) is 20.1. The zero-order chi connectivity index (χ0) is 24.6. The summed E-state index contributed by atoms with van der Waals surface area (Å²) in [5, 5.41) is -1.21. The molecule has 9 nitrogen and oxygen atoms in total. The summed E-state index contributed by atoms with van der Waals surface area (Å²) in [6, 6.07) is -1.33. The molecular weight excluding hydrogens is 473 g/mol. The second-order valence-corrected chi connectivity index (χ2v) is 8.51. The Hall–Kier alpha value is -2.13. The summed E-state index contributed by atoms with van der Waals surface area (Å²) < 4.78 is 44.2. The van der Waals surface area contributed by atoms with Crippen LogP contribution >= 0.6 is 23.5 Å². The lowest BCUT2D eigenvalue weighted by atomic mass is 10.1. The van der Waals surface area contributed by atoms with E-state index in [1.807, 2.05) is 0 Å². The second kappa shape index (κ2) is 12.2. The number of carbonyl (C=O) groups is 4. The molecule has 1 rings (SSSR count). The summed E-state index contributed by atoms with van der Waals surface area (Å²) in [5.74, 6) is -3.16. The predicted molar refractivity (Wildman–Crippen MR) is 115 cm³/mol. The SMILES string of the molecule is CCC(N)C(=O)SCC(N)C(=O)Oc1cc(C(F)(F)F)ccc1C(=O)SCC(N)C(N)=O. The van der Waals surface area contributed by atoms with E-state index < -0.39 is 57.7 Å². The number of carbonyl (C=O) groups excluding carboxylic acids is 4. The maximum Gasteiger partial charge on any atom is 0.416 e. The Morgan fingerprint density at radius 1 is 1.00 bits per heavy atom. The van der Waals surface area contributed by atoms with E-state index in [9.17, 15) is 32.3 Å². The topological polar surface area (TPSA) is 182 Å². The number of nitrogens with two attached hydrogens (primary N) is 4. The number of alkyl halides is 3. The quantitative estimate of drug-likeness (QED) is 0.265. The molecule has 1 aromatic carbocycles. The Morgan fingerprint density at radius 3 is 2.12 bits per heavy atom. The van der Waals surface area contributed by atoms with Crippen molar-refractivity contribution in [2.45, 2.75) is 37.6 Å². The number of halogens is 3. The molecule has 0 radical (unpaired) electrons. The van der Waals surface area contributed by atoms with E-state index in [1.165, 1.54) is 0 Å². The zero-order valence-corrected chi connectivity index (χ0v) is 18.5. The Kier molecular flexibility index (Phi) is 10.6. The summed E-state index contributed by atoms with van der Waals surface area (Å²) in [6.07, 6.45) is -4.40. The first-order chi connectivity index (χ1) is 14.8. The number of ether oxygens (including phenoxy) is 1. The molecule has 0 saturated heterocycles. The van der Waals surface area contributed by atoms with Crippen LogP contribution in [0.4, 0.5) is 13.2 Å². The van der Waals surface area contributed by atoms with Crippen molar-refractivity contribution in [1.82, 2.24) is 0 Å². The van der Waals surface area contributed by atoms with E-state index in [2.05, 4.69) is 0 Å². The number of hydrogen-bond donors (Lipinski definition) is 4. The largest absolute Gasteiger partial charge is 0.425 e. The van der Waals surface area contributed by atoms with Crippen LogP contribution in [0.1, 0.15) is 29.3 Å². The smallest absolute Gasteiger partial charge is 0.416 e. The van der Waals surface area contributed by atoms with Crippen molar-refractivity contribution in [1.29, 1.82) is 0 Å². The Labute approximate surface area is 190 Å². The zero-order valence-electron chi connectivity index (χ0n) is 16.9. The fraction of sp³-hybridized carbons (Fsp3) is 0.444. The molecule has 0 fully saturated rings. The molecule has 178 valence electrons. The predicted octanol–water partition coefficient (Wildman–Crippen LogP) is 0.621. The molecule has 3 atom stereocenters. The number of esters is 1. The molecule has 3 unspecified atom stereocenters. The molecule has 8 N–H and O–H groups in total. The first kappa shape index (κ1) is 27.9. The molecule has 32 heavy (non-hydrogen) atoms. The molecule has 0 spiro atoms. The first-order valence-electron chi connectivity index (χ1n) is 9.10. The molecule has 1 amide bonds.